The smallest absolute Gasteiger partial charge is 1.00 e. The van der Waals surface area contributed by atoms with Crippen molar-refractivity contribution < 1.29 is 51.3 Å². The molecule has 0 saturated carbocycles. The summed E-state index contributed by atoms with van der Waals surface area (Å²) in [6.07, 6.45) is 0. The van der Waals surface area contributed by atoms with Gasteiger partial charge < -0.3 is 35.3 Å². The first-order valence-electron chi connectivity index (χ1n) is 9.33. The average Bonchev–Trinajstić information content (AvgIpc) is 3.15. The predicted molar refractivity (Wildman–Crippen MR) is 125 cm³/mol. The van der Waals surface area contributed by atoms with Crippen molar-refractivity contribution in [3.63, 3.8) is 0 Å². The molecule has 0 aromatic heterocycles. The maximum absolute atomic E-state index is 8.47. The van der Waals surface area contributed by atoms with E-state index in [1.807, 2.05) is 0 Å². The molecule has 0 unspecified atom stereocenters. The van der Waals surface area contributed by atoms with Crippen LogP contribution in [0.15, 0.2) is 115 Å². The summed E-state index contributed by atoms with van der Waals surface area (Å²) in [5, 5.41) is 8.19. The van der Waals surface area contributed by atoms with Crippen LogP contribution in [-0.4, -0.2) is 15.9 Å². The van der Waals surface area contributed by atoms with E-state index in [0.29, 0.717) is 0 Å². The number of hydrogen-bond donors (Lipinski definition) is 0. The quantitative estimate of drug-likeness (QED) is 0.175. The summed E-state index contributed by atoms with van der Waals surface area (Å²) in [7, 11) is 0.777. The molecule has 5 aromatic carbocycles. The Kier molecular flexibility index (Phi) is 15.2. The minimum absolute atomic E-state index is 0. The van der Waals surface area contributed by atoms with Gasteiger partial charge >= 0.3 is 21.7 Å². The Hall–Kier alpha value is -2.27. The van der Waals surface area contributed by atoms with Gasteiger partial charge in [0.25, 0.3) is 0 Å². The molecule has 1 N–H and O–H groups in total. The normalized spacial score (nSPS) is 8.88. The molecule has 0 saturated heterocycles. The fourth-order valence-electron chi connectivity index (χ4n) is 3.11. The second kappa shape index (κ2) is 16.4. The van der Waals surface area contributed by atoms with Crippen LogP contribution in [0.5, 0.6) is 0 Å². The molecule has 0 aliphatic rings. The molecule has 0 heterocycles. The van der Waals surface area contributed by atoms with Gasteiger partial charge in [0, 0.05) is 6.41 Å². The van der Waals surface area contributed by atoms with E-state index in [9.17, 15) is 0 Å². The second-order valence-electron chi connectivity index (χ2n) is 6.29. The van der Waals surface area contributed by atoms with Crippen molar-refractivity contribution in [2.75, 3.05) is 0 Å². The number of amides is 1. The van der Waals surface area contributed by atoms with Crippen molar-refractivity contribution in [1.82, 2.24) is 0 Å². The molecule has 32 heavy (non-hydrogen) atoms. The molecule has 0 aliphatic carbocycles. The van der Waals surface area contributed by atoms with Gasteiger partial charge in [-0.3, -0.25) is 0 Å². The summed E-state index contributed by atoms with van der Waals surface area (Å²) in [6.45, 7) is 0. The topological polar surface area (TPSA) is 40.9 Å². The van der Waals surface area contributed by atoms with Gasteiger partial charge in [-0.1, -0.05) is 107 Å². The summed E-state index contributed by atoms with van der Waals surface area (Å²) < 4.78 is 0. The van der Waals surface area contributed by atoms with Crippen molar-refractivity contribution >= 4 is 47.8 Å². The first-order chi connectivity index (χ1) is 14.3. The molecule has 0 spiro atoms. The van der Waals surface area contributed by atoms with Gasteiger partial charge in [-0.25, -0.2) is 0 Å². The number of carbonyl (C=O) groups is 1. The number of rotatable bonds is 2. The predicted octanol–water partition coefficient (Wildman–Crippen LogP) is -0.746. The molecular formula is C26H21Cl2NOSiTi. The zero-order chi connectivity index (χ0) is 20.3. The minimum Gasteiger partial charge on any atom is -1.00 e. The number of benzene rings is 4. The zero-order valence-electron chi connectivity index (χ0n) is 17.2. The number of halogens is 2. The van der Waals surface area contributed by atoms with Crippen LogP contribution in [0, 0.1) is 0 Å². The van der Waals surface area contributed by atoms with Gasteiger partial charge in [-0.05, 0) is 0 Å². The second-order valence-corrected chi connectivity index (χ2v) is 7.70. The SMILES string of the molecule is [Cl-].[Cl-].[NH-]C=O.[Ti+4].c1ccc([Si]c2ccccc2)cc1.c1ccc2c(c1)[cH-]c1ccccc12. The van der Waals surface area contributed by atoms with Gasteiger partial charge in [0.1, 0.15) is 9.52 Å². The molecule has 0 atom stereocenters. The van der Waals surface area contributed by atoms with Crippen molar-refractivity contribution in [3.8, 4) is 0 Å². The monoisotopic (exact) mass is 509 g/mol. The fourth-order valence-corrected chi connectivity index (χ4v) is 4.17. The van der Waals surface area contributed by atoms with Crippen LogP contribution in [0.2, 0.25) is 0 Å². The van der Waals surface area contributed by atoms with Gasteiger partial charge in [0.05, 0.1) is 0 Å². The van der Waals surface area contributed by atoms with Crippen LogP contribution in [0.1, 0.15) is 0 Å². The van der Waals surface area contributed by atoms with E-state index in [1.54, 1.807) is 0 Å². The van der Waals surface area contributed by atoms with E-state index in [0.717, 1.165) is 9.52 Å². The molecule has 6 heteroatoms. The van der Waals surface area contributed by atoms with Crippen molar-refractivity contribution in [2.45, 2.75) is 0 Å². The first kappa shape index (κ1) is 29.7. The Morgan fingerprint density at radius 1 is 0.594 bits per heavy atom. The fraction of sp³-hybridized carbons (Fsp3) is 0. The van der Waals surface area contributed by atoms with Gasteiger partial charge in [0.2, 0.25) is 0 Å². The third kappa shape index (κ3) is 8.70. The van der Waals surface area contributed by atoms with Crippen molar-refractivity contribution in [1.29, 1.82) is 0 Å². The molecule has 0 fully saturated rings. The minimum atomic E-state index is 0. The maximum atomic E-state index is 8.47. The number of fused-ring (bicyclic) bond motifs is 3. The van der Waals surface area contributed by atoms with Crippen molar-refractivity contribution in [2.24, 2.45) is 0 Å². The largest absolute Gasteiger partial charge is 4.00 e. The summed E-state index contributed by atoms with van der Waals surface area (Å²) in [5.74, 6) is 0. The molecule has 2 nitrogen and oxygen atoms in total. The van der Waals surface area contributed by atoms with Crippen molar-refractivity contribution in [3.05, 3.63) is 121 Å². The Morgan fingerprint density at radius 2 is 0.906 bits per heavy atom. The maximum Gasteiger partial charge on any atom is 4.00 e. The molecule has 158 valence electrons. The van der Waals surface area contributed by atoms with Crippen LogP contribution in [0.25, 0.3) is 27.3 Å². The van der Waals surface area contributed by atoms with Crippen LogP contribution in [0.4, 0.5) is 0 Å². The third-order valence-electron chi connectivity index (χ3n) is 4.36. The zero-order valence-corrected chi connectivity index (χ0v) is 21.3. The van der Waals surface area contributed by atoms with E-state index in [4.69, 9.17) is 10.5 Å². The van der Waals surface area contributed by atoms with Crippen LogP contribution in [0.3, 0.4) is 0 Å². The van der Waals surface area contributed by atoms with Gasteiger partial charge in [-0.15, -0.1) is 39.7 Å². The summed E-state index contributed by atoms with van der Waals surface area (Å²) in [6, 6.07) is 40.4. The molecule has 2 radical (unpaired) electrons. The molecule has 1 amide bonds. The summed E-state index contributed by atoms with van der Waals surface area (Å²) in [4.78, 5) is 8.47. The summed E-state index contributed by atoms with van der Waals surface area (Å²) >= 11 is 0. The average molecular weight is 510 g/mol. The Bertz CT molecular complexity index is 1080. The Morgan fingerprint density at radius 3 is 1.28 bits per heavy atom. The molecule has 5 rings (SSSR count). The molecule has 5 aromatic rings. The van der Waals surface area contributed by atoms with E-state index < -0.39 is 0 Å². The first-order valence-corrected chi connectivity index (χ1v) is 10.3. The Balaban J connectivity index is 0.000000495. The Labute approximate surface area is 219 Å². The number of nitrogens with one attached hydrogen (secondary N) is 1. The van der Waals surface area contributed by atoms with Gasteiger partial charge in [0.15, 0.2) is 0 Å². The van der Waals surface area contributed by atoms with E-state index in [1.165, 1.54) is 31.9 Å². The van der Waals surface area contributed by atoms with Crippen LogP contribution >= 0.6 is 0 Å². The standard InChI is InChI=1S/C13H9.C12H10Si.CH3NO.2ClH.Ti/c1-3-7-12-10(5-1)9-11-6-2-4-8-13(11)12;1-3-7-11(8-4-1)13-12-9-5-2-6-10-12;2-1-3;;;/h1-9H;1-10H;1H,(H2,2,3);2*1H;/q-1;;;;;+4/p-3. The third-order valence-corrected chi connectivity index (χ3v) is 5.60. The van der Waals surface area contributed by atoms with Crippen LogP contribution in [-0.2, 0) is 26.5 Å². The number of carbonyl (C=O) groups excluding carboxylic acids is 1. The van der Waals surface area contributed by atoms with Gasteiger partial charge in [-0.2, -0.15) is 0 Å². The number of hydrogen-bond acceptors (Lipinski definition) is 1. The molecular weight excluding hydrogens is 489 g/mol. The van der Waals surface area contributed by atoms with E-state index in [2.05, 4.69) is 115 Å². The molecule has 0 bridgehead atoms. The van der Waals surface area contributed by atoms with E-state index >= 15 is 0 Å². The van der Waals surface area contributed by atoms with Crippen LogP contribution < -0.4 is 35.2 Å². The van der Waals surface area contributed by atoms with E-state index in [-0.39, 0.29) is 52.9 Å². The summed E-state index contributed by atoms with van der Waals surface area (Å²) in [5.41, 5.74) is 5.53. The molecule has 0 aliphatic heterocycles.